The summed E-state index contributed by atoms with van der Waals surface area (Å²) in [4.78, 5) is 6.15. The molecule has 1 aromatic rings. The predicted molar refractivity (Wildman–Crippen MR) is 82.0 cm³/mol. The highest BCUT2D eigenvalue weighted by Gasteiger charge is 2.23. The second-order valence-electron chi connectivity index (χ2n) is 6.20. The monoisotopic (exact) mass is 326 g/mol. The van der Waals surface area contributed by atoms with Crippen molar-refractivity contribution in [2.24, 2.45) is 0 Å². The molecule has 0 unspecified atom stereocenters. The normalized spacial score (nSPS) is 27.3. The summed E-state index contributed by atoms with van der Waals surface area (Å²) in [6, 6.07) is 0. The first kappa shape index (κ1) is 16.8. The fourth-order valence-electron chi connectivity index (χ4n) is 3.05. The van der Waals surface area contributed by atoms with Gasteiger partial charge in [0.1, 0.15) is 12.7 Å². The lowest BCUT2D eigenvalue weighted by atomic mass is 10.2. The first-order chi connectivity index (χ1) is 11.3. The maximum atomic E-state index is 10.1. The quantitative estimate of drug-likeness (QED) is 0.692. The fourth-order valence-corrected chi connectivity index (χ4v) is 3.05. The summed E-state index contributed by atoms with van der Waals surface area (Å²) in [5, 5.41) is 14.2. The van der Waals surface area contributed by atoms with Gasteiger partial charge in [-0.15, -0.1) is 0 Å². The third-order valence-corrected chi connectivity index (χ3v) is 4.19. The molecule has 2 aliphatic rings. The van der Waals surface area contributed by atoms with Gasteiger partial charge in [-0.3, -0.25) is 9.58 Å². The van der Waals surface area contributed by atoms with Crippen molar-refractivity contribution in [3.63, 3.8) is 0 Å². The molecule has 2 fully saturated rings. The zero-order chi connectivity index (χ0) is 15.9. The van der Waals surface area contributed by atoms with Gasteiger partial charge < -0.3 is 19.3 Å². The van der Waals surface area contributed by atoms with Gasteiger partial charge >= 0.3 is 0 Å². The van der Waals surface area contributed by atoms with Crippen molar-refractivity contribution in [2.45, 2.75) is 37.7 Å². The molecule has 3 atom stereocenters. The molecule has 1 aromatic heterocycles. The first-order valence-electron chi connectivity index (χ1n) is 8.33. The van der Waals surface area contributed by atoms with Gasteiger partial charge in [-0.2, -0.15) is 5.10 Å². The Morgan fingerprint density at radius 1 is 1.30 bits per heavy atom. The minimum Gasteiger partial charge on any atom is -0.389 e. The average molecular weight is 326 g/mol. The van der Waals surface area contributed by atoms with Crippen molar-refractivity contribution in [1.29, 1.82) is 0 Å². The topological polar surface area (TPSA) is 81.9 Å². The molecular weight excluding hydrogens is 300 g/mol. The van der Waals surface area contributed by atoms with E-state index in [-0.39, 0.29) is 12.2 Å². The highest BCUT2D eigenvalue weighted by Crippen LogP contribution is 2.12. The van der Waals surface area contributed by atoms with Crippen LogP contribution < -0.4 is 0 Å². The van der Waals surface area contributed by atoms with Crippen molar-refractivity contribution in [3.8, 4) is 0 Å². The molecule has 0 aromatic carbocycles. The highest BCUT2D eigenvalue weighted by atomic mass is 16.5. The van der Waals surface area contributed by atoms with Crippen LogP contribution in [0.5, 0.6) is 0 Å². The van der Waals surface area contributed by atoms with Crippen LogP contribution in [0, 0.1) is 0 Å². The van der Waals surface area contributed by atoms with Crippen LogP contribution in [0.3, 0.4) is 0 Å². The van der Waals surface area contributed by atoms with Crippen molar-refractivity contribution < 1.29 is 19.3 Å². The summed E-state index contributed by atoms with van der Waals surface area (Å²) in [6.07, 6.45) is 5.18. The average Bonchev–Trinajstić information content (AvgIpc) is 3.21. The number of aromatic nitrogens is 3. The summed E-state index contributed by atoms with van der Waals surface area (Å²) < 4.78 is 18.6. The number of β-amino-alcohol motifs (C(OH)–C–C–N with tert-alkyl or cyclic N) is 1. The molecule has 3 rings (SSSR count). The van der Waals surface area contributed by atoms with Gasteiger partial charge in [-0.25, -0.2) is 4.98 Å². The Morgan fingerprint density at radius 3 is 3.00 bits per heavy atom. The molecule has 3 heterocycles. The second-order valence-corrected chi connectivity index (χ2v) is 6.20. The van der Waals surface area contributed by atoms with Crippen LogP contribution in [0.15, 0.2) is 12.7 Å². The van der Waals surface area contributed by atoms with Crippen molar-refractivity contribution in [2.75, 3.05) is 46.1 Å². The van der Waals surface area contributed by atoms with Crippen LogP contribution in [-0.2, 0) is 20.8 Å². The van der Waals surface area contributed by atoms with Gasteiger partial charge in [-0.1, -0.05) is 0 Å². The molecular formula is C15H26N4O4. The van der Waals surface area contributed by atoms with Gasteiger partial charge in [0.05, 0.1) is 44.7 Å². The summed E-state index contributed by atoms with van der Waals surface area (Å²) >= 11 is 0. The Balaban J connectivity index is 1.33. The molecule has 0 amide bonds. The zero-order valence-corrected chi connectivity index (χ0v) is 13.4. The van der Waals surface area contributed by atoms with Gasteiger partial charge in [0.25, 0.3) is 0 Å². The summed E-state index contributed by atoms with van der Waals surface area (Å²) in [5.74, 6) is 0. The molecule has 0 saturated carbocycles. The number of aliphatic hydroxyl groups excluding tert-OH is 1. The summed E-state index contributed by atoms with van der Waals surface area (Å²) in [7, 11) is 0. The van der Waals surface area contributed by atoms with Gasteiger partial charge in [-0.05, 0) is 12.8 Å². The van der Waals surface area contributed by atoms with E-state index in [4.69, 9.17) is 14.2 Å². The Morgan fingerprint density at radius 2 is 2.22 bits per heavy atom. The highest BCUT2D eigenvalue weighted by molar-refractivity contribution is 4.75. The van der Waals surface area contributed by atoms with E-state index >= 15 is 0 Å². The van der Waals surface area contributed by atoms with E-state index in [9.17, 15) is 5.11 Å². The van der Waals surface area contributed by atoms with Crippen LogP contribution in [0.25, 0.3) is 0 Å². The molecule has 8 heteroatoms. The Hall–Kier alpha value is -1.06. The molecule has 130 valence electrons. The lowest BCUT2D eigenvalue weighted by molar-refractivity contribution is -0.0631. The Kier molecular flexibility index (Phi) is 6.35. The number of morpholine rings is 1. The number of hydrogen-bond acceptors (Lipinski definition) is 7. The minimum atomic E-state index is -0.485. The molecule has 0 bridgehead atoms. The maximum absolute atomic E-state index is 10.1. The minimum absolute atomic E-state index is 0.0745. The standard InChI is InChI=1S/C15H26N4O4/c20-13(9-21-10-14-2-1-4-22-14)6-18-3-5-23-15(7-18)8-19-12-16-11-17-19/h11-15,20H,1-10H2/t13-,14+,15-/m0/s1. The Labute approximate surface area is 136 Å². The van der Waals surface area contributed by atoms with Crippen molar-refractivity contribution in [1.82, 2.24) is 19.7 Å². The largest absolute Gasteiger partial charge is 0.389 e. The smallest absolute Gasteiger partial charge is 0.137 e. The maximum Gasteiger partial charge on any atom is 0.137 e. The molecule has 2 saturated heterocycles. The first-order valence-corrected chi connectivity index (χ1v) is 8.33. The number of aliphatic hydroxyl groups is 1. The van der Waals surface area contributed by atoms with Gasteiger partial charge in [0, 0.05) is 26.2 Å². The molecule has 0 spiro atoms. The molecule has 0 radical (unpaired) electrons. The number of nitrogens with zero attached hydrogens (tertiary/aromatic N) is 4. The van der Waals surface area contributed by atoms with Crippen LogP contribution in [0.1, 0.15) is 12.8 Å². The van der Waals surface area contributed by atoms with E-state index in [0.717, 1.165) is 32.5 Å². The third-order valence-electron chi connectivity index (χ3n) is 4.19. The summed E-state index contributed by atoms with van der Waals surface area (Å²) in [6.45, 7) is 5.32. The zero-order valence-electron chi connectivity index (χ0n) is 13.4. The molecule has 2 aliphatic heterocycles. The van der Waals surface area contributed by atoms with Crippen molar-refractivity contribution in [3.05, 3.63) is 12.7 Å². The van der Waals surface area contributed by atoms with Crippen LogP contribution >= 0.6 is 0 Å². The van der Waals surface area contributed by atoms with E-state index in [2.05, 4.69) is 15.0 Å². The molecule has 0 aliphatic carbocycles. The van der Waals surface area contributed by atoms with E-state index in [1.54, 1.807) is 11.0 Å². The van der Waals surface area contributed by atoms with Crippen LogP contribution in [0.2, 0.25) is 0 Å². The lowest BCUT2D eigenvalue weighted by Crippen LogP contribution is -2.47. The number of rotatable bonds is 8. The Bertz CT molecular complexity index is 439. The van der Waals surface area contributed by atoms with Crippen molar-refractivity contribution >= 4 is 0 Å². The number of hydrogen-bond donors (Lipinski definition) is 1. The fraction of sp³-hybridized carbons (Fsp3) is 0.867. The van der Waals surface area contributed by atoms with Gasteiger partial charge in [0.15, 0.2) is 0 Å². The molecule has 23 heavy (non-hydrogen) atoms. The van der Waals surface area contributed by atoms with Crippen LogP contribution in [-0.4, -0.2) is 89.1 Å². The molecule has 1 N–H and O–H groups in total. The van der Waals surface area contributed by atoms with E-state index in [1.807, 2.05) is 0 Å². The molecule has 8 nitrogen and oxygen atoms in total. The van der Waals surface area contributed by atoms with E-state index in [0.29, 0.717) is 32.9 Å². The lowest BCUT2D eigenvalue weighted by Gasteiger charge is -2.33. The summed E-state index contributed by atoms with van der Waals surface area (Å²) in [5.41, 5.74) is 0. The second kappa shape index (κ2) is 8.70. The predicted octanol–water partition coefficient (Wildman–Crippen LogP) is -0.465. The van der Waals surface area contributed by atoms with Crippen LogP contribution in [0.4, 0.5) is 0 Å². The number of ether oxygens (including phenoxy) is 3. The third kappa shape index (κ3) is 5.50. The SMILES string of the molecule is O[C@H](COC[C@H]1CCCO1)CN1CCO[C@H](Cn2cncn2)C1. The van der Waals surface area contributed by atoms with E-state index < -0.39 is 6.10 Å². The van der Waals surface area contributed by atoms with E-state index in [1.165, 1.54) is 6.33 Å². The van der Waals surface area contributed by atoms with Gasteiger partial charge in [0.2, 0.25) is 0 Å².